The summed E-state index contributed by atoms with van der Waals surface area (Å²) in [7, 11) is 3.19. The Morgan fingerprint density at radius 2 is 1.95 bits per heavy atom. The van der Waals surface area contributed by atoms with E-state index in [4.69, 9.17) is 9.47 Å². The van der Waals surface area contributed by atoms with Crippen LogP contribution in [0, 0.1) is 0 Å². The van der Waals surface area contributed by atoms with Crippen LogP contribution in [0.1, 0.15) is 37.8 Å². The number of methoxy groups -OCH3 is 2. The minimum Gasteiger partial charge on any atom is -0.493 e. The van der Waals surface area contributed by atoms with Gasteiger partial charge in [-0.3, -0.25) is 9.69 Å². The van der Waals surface area contributed by atoms with Crippen LogP contribution in [0.4, 0.5) is 0 Å². The van der Waals surface area contributed by atoms with Gasteiger partial charge in [-0.25, -0.2) is 0 Å². The van der Waals surface area contributed by atoms with E-state index in [1.807, 2.05) is 19.1 Å². The maximum Gasteiger partial charge on any atom is 0.320 e. The highest BCUT2D eigenvalue weighted by Crippen LogP contribution is 2.39. The van der Waals surface area contributed by atoms with Crippen LogP contribution >= 0.6 is 15.9 Å². The number of nitrogens with zero attached hydrogens (tertiary/aromatic N) is 1. The Morgan fingerprint density at radius 3 is 2.55 bits per heavy atom. The molecule has 1 aliphatic heterocycles. The van der Waals surface area contributed by atoms with Crippen molar-refractivity contribution in [1.82, 2.24) is 4.90 Å². The molecule has 1 saturated heterocycles. The molecule has 1 heterocycles. The molecule has 0 bridgehead atoms. The van der Waals surface area contributed by atoms with E-state index in [1.165, 1.54) is 0 Å². The van der Waals surface area contributed by atoms with Crippen LogP contribution in [0.15, 0.2) is 16.6 Å². The first-order chi connectivity index (χ1) is 10.5. The molecular weight excluding hydrogens is 350 g/mol. The van der Waals surface area contributed by atoms with Gasteiger partial charge in [-0.1, -0.05) is 22.4 Å². The monoisotopic (exact) mass is 371 g/mol. The van der Waals surface area contributed by atoms with E-state index in [1.54, 1.807) is 14.2 Å². The van der Waals surface area contributed by atoms with Gasteiger partial charge in [-0.05, 0) is 44.0 Å². The minimum atomic E-state index is -0.747. The highest BCUT2D eigenvalue weighted by Gasteiger charge is 2.33. The van der Waals surface area contributed by atoms with Crippen molar-refractivity contribution in [3.05, 3.63) is 22.2 Å². The Kier molecular flexibility index (Phi) is 5.69. The Bertz CT molecular complexity index is 549. The topological polar surface area (TPSA) is 59.0 Å². The first-order valence-corrected chi connectivity index (χ1v) is 8.18. The van der Waals surface area contributed by atoms with Crippen LogP contribution in [-0.4, -0.2) is 42.8 Å². The van der Waals surface area contributed by atoms with Crippen molar-refractivity contribution in [2.75, 3.05) is 20.8 Å². The highest BCUT2D eigenvalue weighted by atomic mass is 79.9. The Morgan fingerprint density at radius 1 is 1.32 bits per heavy atom. The van der Waals surface area contributed by atoms with E-state index in [0.29, 0.717) is 17.9 Å². The predicted octanol–water partition coefficient (Wildman–Crippen LogP) is 3.47. The molecule has 0 radical (unpaired) electrons. The molecule has 22 heavy (non-hydrogen) atoms. The van der Waals surface area contributed by atoms with E-state index in [-0.39, 0.29) is 6.04 Å². The van der Waals surface area contributed by atoms with Crippen molar-refractivity contribution in [1.29, 1.82) is 0 Å². The largest absolute Gasteiger partial charge is 0.493 e. The summed E-state index contributed by atoms with van der Waals surface area (Å²) in [6.07, 6.45) is 2.69. The van der Waals surface area contributed by atoms with Gasteiger partial charge in [0.25, 0.3) is 0 Å². The Balaban J connectivity index is 2.35. The molecule has 1 aromatic rings. The molecule has 0 aliphatic carbocycles. The average molecular weight is 372 g/mol. The number of hydrogen-bond donors (Lipinski definition) is 1. The summed E-state index contributed by atoms with van der Waals surface area (Å²) in [4.78, 5) is 13.6. The number of aliphatic carboxylic acids is 1. The lowest BCUT2D eigenvalue weighted by atomic mass is 9.97. The Labute approximate surface area is 139 Å². The molecule has 0 spiro atoms. The summed E-state index contributed by atoms with van der Waals surface area (Å²) in [5.41, 5.74) is 1.01. The summed E-state index contributed by atoms with van der Waals surface area (Å²) in [6.45, 7) is 2.83. The molecule has 0 saturated carbocycles. The molecule has 2 rings (SSSR count). The maximum absolute atomic E-state index is 11.5. The smallest absolute Gasteiger partial charge is 0.320 e. The Hall–Kier alpha value is -1.27. The van der Waals surface area contributed by atoms with E-state index in [9.17, 15) is 9.90 Å². The summed E-state index contributed by atoms with van der Waals surface area (Å²) >= 11 is 3.57. The van der Waals surface area contributed by atoms with Gasteiger partial charge in [-0.2, -0.15) is 0 Å². The summed E-state index contributed by atoms with van der Waals surface area (Å²) in [5, 5.41) is 9.46. The molecule has 0 aromatic heterocycles. The summed E-state index contributed by atoms with van der Waals surface area (Å²) < 4.78 is 11.6. The van der Waals surface area contributed by atoms with Gasteiger partial charge in [0, 0.05) is 10.5 Å². The molecule has 1 fully saturated rings. The summed E-state index contributed by atoms with van der Waals surface area (Å²) in [6, 6.07) is 3.34. The third-order valence-electron chi connectivity index (χ3n) is 4.28. The SMILES string of the molecule is COc1cc(Br)c(C(C)N2CCCCC2C(=O)O)cc1OC. The van der Waals surface area contributed by atoms with Gasteiger partial charge in [0.05, 0.1) is 14.2 Å². The number of halogens is 1. The van der Waals surface area contributed by atoms with Crippen molar-refractivity contribution >= 4 is 21.9 Å². The van der Waals surface area contributed by atoms with Crippen molar-refractivity contribution in [3.63, 3.8) is 0 Å². The zero-order chi connectivity index (χ0) is 16.3. The van der Waals surface area contributed by atoms with Crippen LogP contribution in [0.2, 0.25) is 0 Å². The molecule has 6 heteroatoms. The van der Waals surface area contributed by atoms with Gasteiger partial charge in [-0.15, -0.1) is 0 Å². The van der Waals surface area contributed by atoms with E-state index in [2.05, 4.69) is 20.8 Å². The standard InChI is InChI=1S/C16H22BrNO4/c1-10(18-7-5-4-6-13(18)16(19)20)11-8-14(21-2)15(22-3)9-12(11)17/h8-10,13H,4-7H2,1-3H3,(H,19,20). The van der Waals surface area contributed by atoms with Crippen molar-refractivity contribution in [2.45, 2.75) is 38.3 Å². The molecule has 2 atom stereocenters. The second kappa shape index (κ2) is 7.33. The lowest BCUT2D eigenvalue weighted by Gasteiger charge is -2.38. The average Bonchev–Trinajstić information content (AvgIpc) is 2.53. The van der Waals surface area contributed by atoms with E-state index < -0.39 is 12.0 Å². The third kappa shape index (κ3) is 3.38. The molecular formula is C16H22BrNO4. The van der Waals surface area contributed by atoms with Crippen LogP contribution < -0.4 is 9.47 Å². The fourth-order valence-corrected chi connectivity index (χ4v) is 3.70. The number of benzene rings is 1. The maximum atomic E-state index is 11.5. The second-order valence-electron chi connectivity index (χ2n) is 5.49. The fourth-order valence-electron chi connectivity index (χ4n) is 3.05. The lowest BCUT2D eigenvalue weighted by molar-refractivity contribution is -0.145. The molecule has 0 amide bonds. The van der Waals surface area contributed by atoms with Gasteiger partial charge in [0.1, 0.15) is 6.04 Å². The van der Waals surface area contributed by atoms with Gasteiger partial charge in [0.15, 0.2) is 11.5 Å². The van der Waals surface area contributed by atoms with Crippen molar-refractivity contribution < 1.29 is 19.4 Å². The molecule has 1 aromatic carbocycles. The third-order valence-corrected chi connectivity index (χ3v) is 4.97. The van der Waals surface area contributed by atoms with Gasteiger partial charge < -0.3 is 14.6 Å². The van der Waals surface area contributed by atoms with E-state index >= 15 is 0 Å². The molecule has 2 unspecified atom stereocenters. The number of ether oxygens (including phenoxy) is 2. The van der Waals surface area contributed by atoms with Crippen LogP contribution in [0.5, 0.6) is 11.5 Å². The molecule has 1 N–H and O–H groups in total. The number of carboxylic acid groups (broad SMARTS) is 1. The zero-order valence-electron chi connectivity index (χ0n) is 13.1. The number of likely N-dealkylation sites (tertiary alicyclic amines) is 1. The lowest BCUT2D eigenvalue weighted by Crippen LogP contribution is -2.45. The van der Waals surface area contributed by atoms with Gasteiger partial charge in [0.2, 0.25) is 0 Å². The van der Waals surface area contributed by atoms with E-state index in [0.717, 1.165) is 29.4 Å². The first kappa shape index (κ1) is 17.1. The zero-order valence-corrected chi connectivity index (χ0v) is 14.7. The molecule has 1 aliphatic rings. The number of piperidine rings is 1. The van der Waals surface area contributed by atoms with Crippen LogP contribution in [-0.2, 0) is 4.79 Å². The second-order valence-corrected chi connectivity index (χ2v) is 6.35. The van der Waals surface area contributed by atoms with Crippen LogP contribution in [0.25, 0.3) is 0 Å². The predicted molar refractivity (Wildman–Crippen MR) is 87.6 cm³/mol. The quantitative estimate of drug-likeness (QED) is 0.858. The minimum absolute atomic E-state index is 0.0180. The number of rotatable bonds is 5. The normalized spacial score (nSPS) is 20.5. The van der Waals surface area contributed by atoms with Crippen LogP contribution in [0.3, 0.4) is 0 Å². The highest BCUT2D eigenvalue weighted by molar-refractivity contribution is 9.10. The molecule has 5 nitrogen and oxygen atoms in total. The molecule has 122 valence electrons. The van der Waals surface area contributed by atoms with Gasteiger partial charge >= 0.3 is 5.97 Å². The number of carboxylic acids is 1. The number of carbonyl (C=O) groups is 1. The van der Waals surface area contributed by atoms with Crippen molar-refractivity contribution in [2.24, 2.45) is 0 Å². The number of hydrogen-bond acceptors (Lipinski definition) is 4. The fraction of sp³-hybridized carbons (Fsp3) is 0.562. The summed E-state index contributed by atoms with van der Waals surface area (Å²) in [5.74, 6) is 0.554. The first-order valence-electron chi connectivity index (χ1n) is 7.39. The van der Waals surface area contributed by atoms with Crippen molar-refractivity contribution in [3.8, 4) is 11.5 Å².